The maximum absolute atomic E-state index is 5.67. The Bertz CT molecular complexity index is 349. The van der Waals surface area contributed by atoms with E-state index in [0.29, 0.717) is 13.2 Å². The van der Waals surface area contributed by atoms with E-state index in [0.717, 1.165) is 30.1 Å². The van der Waals surface area contributed by atoms with Gasteiger partial charge in [0.15, 0.2) is 11.5 Å². The minimum atomic E-state index is 0.107. The molecule has 2 rings (SSSR count). The highest BCUT2D eigenvalue weighted by Gasteiger charge is 2.14. The maximum Gasteiger partial charge on any atom is 0.161 e. The third-order valence-corrected chi connectivity index (χ3v) is 2.61. The van der Waals surface area contributed by atoms with Gasteiger partial charge in [0.25, 0.3) is 0 Å². The van der Waals surface area contributed by atoms with E-state index in [2.05, 4.69) is 13.8 Å². The van der Waals surface area contributed by atoms with Crippen molar-refractivity contribution in [2.45, 2.75) is 26.4 Å². The van der Waals surface area contributed by atoms with Gasteiger partial charge in [-0.1, -0.05) is 13.0 Å². The summed E-state index contributed by atoms with van der Waals surface area (Å²) in [4.78, 5) is 0. The molecule has 88 valence electrons. The first-order valence-electron chi connectivity index (χ1n) is 5.82. The number of rotatable bonds is 4. The minimum absolute atomic E-state index is 0.107. The predicted molar refractivity (Wildman–Crippen MR) is 62.1 cm³/mol. The molecule has 1 aromatic carbocycles. The topological polar surface area (TPSA) is 27.7 Å². The van der Waals surface area contributed by atoms with E-state index < -0.39 is 0 Å². The molecule has 0 N–H and O–H groups in total. The zero-order valence-corrected chi connectivity index (χ0v) is 9.86. The van der Waals surface area contributed by atoms with Crippen molar-refractivity contribution in [3.8, 4) is 11.5 Å². The molecule has 0 radical (unpaired) electrons. The lowest BCUT2D eigenvalue weighted by Gasteiger charge is -2.20. The molecule has 1 aromatic rings. The SMILES string of the molecule is CCCOC(C)c1ccc2c(c1)OCCO2. The molecule has 0 aromatic heterocycles. The standard InChI is InChI=1S/C13H18O3/c1-3-6-14-10(2)11-4-5-12-13(9-11)16-8-7-15-12/h4-5,9-10H,3,6-8H2,1-2H3. The van der Waals surface area contributed by atoms with E-state index in [4.69, 9.17) is 14.2 Å². The highest BCUT2D eigenvalue weighted by Crippen LogP contribution is 2.33. The molecule has 1 heterocycles. The number of hydrogen-bond donors (Lipinski definition) is 0. The Balaban J connectivity index is 2.10. The molecule has 1 unspecified atom stereocenters. The third kappa shape index (κ3) is 2.47. The molecule has 0 saturated carbocycles. The van der Waals surface area contributed by atoms with Gasteiger partial charge in [0.2, 0.25) is 0 Å². The van der Waals surface area contributed by atoms with Crippen molar-refractivity contribution in [2.75, 3.05) is 19.8 Å². The van der Waals surface area contributed by atoms with Gasteiger partial charge in [0.05, 0.1) is 6.10 Å². The van der Waals surface area contributed by atoms with Crippen LogP contribution in [-0.4, -0.2) is 19.8 Å². The molecule has 0 bridgehead atoms. The zero-order valence-electron chi connectivity index (χ0n) is 9.86. The monoisotopic (exact) mass is 222 g/mol. The Labute approximate surface area is 96.3 Å². The zero-order chi connectivity index (χ0) is 11.4. The van der Waals surface area contributed by atoms with Crippen molar-refractivity contribution in [2.24, 2.45) is 0 Å². The maximum atomic E-state index is 5.67. The molecule has 0 fully saturated rings. The molecule has 1 aliphatic rings. The first-order valence-corrected chi connectivity index (χ1v) is 5.82. The van der Waals surface area contributed by atoms with Crippen molar-refractivity contribution in [3.05, 3.63) is 23.8 Å². The van der Waals surface area contributed by atoms with Crippen molar-refractivity contribution in [1.82, 2.24) is 0 Å². The lowest BCUT2D eigenvalue weighted by molar-refractivity contribution is 0.0657. The van der Waals surface area contributed by atoms with Gasteiger partial charge in [0.1, 0.15) is 13.2 Å². The van der Waals surface area contributed by atoms with Crippen molar-refractivity contribution < 1.29 is 14.2 Å². The Kier molecular flexibility index (Phi) is 3.67. The van der Waals surface area contributed by atoms with Gasteiger partial charge in [-0.3, -0.25) is 0 Å². The fourth-order valence-corrected chi connectivity index (χ4v) is 1.70. The highest BCUT2D eigenvalue weighted by atomic mass is 16.6. The Morgan fingerprint density at radius 2 is 2.00 bits per heavy atom. The summed E-state index contributed by atoms with van der Waals surface area (Å²) >= 11 is 0. The molecular formula is C13H18O3. The van der Waals surface area contributed by atoms with Gasteiger partial charge in [0, 0.05) is 6.61 Å². The quantitative estimate of drug-likeness (QED) is 0.784. The molecule has 3 nitrogen and oxygen atoms in total. The van der Waals surface area contributed by atoms with Gasteiger partial charge in [-0.15, -0.1) is 0 Å². The van der Waals surface area contributed by atoms with Gasteiger partial charge >= 0.3 is 0 Å². The second kappa shape index (κ2) is 5.21. The molecule has 0 amide bonds. The lowest BCUT2D eigenvalue weighted by atomic mass is 10.1. The van der Waals surface area contributed by atoms with Crippen LogP contribution in [0.3, 0.4) is 0 Å². The molecule has 1 aliphatic heterocycles. The first kappa shape index (κ1) is 11.3. The van der Waals surface area contributed by atoms with Crippen LogP contribution in [-0.2, 0) is 4.74 Å². The first-order chi connectivity index (χ1) is 7.81. The lowest BCUT2D eigenvalue weighted by Crippen LogP contribution is -2.15. The van der Waals surface area contributed by atoms with Crippen LogP contribution in [0.25, 0.3) is 0 Å². The van der Waals surface area contributed by atoms with E-state index in [9.17, 15) is 0 Å². The minimum Gasteiger partial charge on any atom is -0.486 e. The number of fused-ring (bicyclic) bond motifs is 1. The highest BCUT2D eigenvalue weighted by molar-refractivity contribution is 5.44. The van der Waals surface area contributed by atoms with E-state index in [-0.39, 0.29) is 6.10 Å². The molecule has 0 aliphatic carbocycles. The second-order valence-corrected chi connectivity index (χ2v) is 3.92. The van der Waals surface area contributed by atoms with Crippen LogP contribution in [0.5, 0.6) is 11.5 Å². The smallest absolute Gasteiger partial charge is 0.161 e. The van der Waals surface area contributed by atoms with Gasteiger partial charge in [-0.25, -0.2) is 0 Å². The van der Waals surface area contributed by atoms with E-state index in [1.54, 1.807) is 0 Å². The largest absolute Gasteiger partial charge is 0.486 e. The van der Waals surface area contributed by atoms with Crippen molar-refractivity contribution in [3.63, 3.8) is 0 Å². The van der Waals surface area contributed by atoms with Crippen LogP contribution in [0.4, 0.5) is 0 Å². The molecule has 16 heavy (non-hydrogen) atoms. The Hall–Kier alpha value is -1.22. The fraction of sp³-hybridized carbons (Fsp3) is 0.538. The van der Waals surface area contributed by atoms with Crippen LogP contribution in [0, 0.1) is 0 Å². The summed E-state index contributed by atoms with van der Waals surface area (Å²) in [7, 11) is 0. The normalized spacial score (nSPS) is 15.9. The Morgan fingerprint density at radius 1 is 1.25 bits per heavy atom. The molecular weight excluding hydrogens is 204 g/mol. The average molecular weight is 222 g/mol. The number of ether oxygens (including phenoxy) is 3. The van der Waals surface area contributed by atoms with Crippen LogP contribution in [0.2, 0.25) is 0 Å². The third-order valence-electron chi connectivity index (χ3n) is 2.61. The van der Waals surface area contributed by atoms with E-state index in [1.807, 2.05) is 18.2 Å². The van der Waals surface area contributed by atoms with Gasteiger partial charge in [-0.2, -0.15) is 0 Å². The number of hydrogen-bond acceptors (Lipinski definition) is 3. The average Bonchev–Trinajstić information content (AvgIpc) is 2.35. The molecule has 1 atom stereocenters. The molecule has 0 saturated heterocycles. The van der Waals surface area contributed by atoms with Crippen LogP contribution < -0.4 is 9.47 Å². The van der Waals surface area contributed by atoms with Crippen molar-refractivity contribution >= 4 is 0 Å². The molecule has 0 spiro atoms. The number of benzene rings is 1. The van der Waals surface area contributed by atoms with Gasteiger partial charge < -0.3 is 14.2 Å². The summed E-state index contributed by atoms with van der Waals surface area (Å²) < 4.78 is 16.7. The fourth-order valence-electron chi connectivity index (χ4n) is 1.70. The van der Waals surface area contributed by atoms with Gasteiger partial charge in [-0.05, 0) is 31.0 Å². The Morgan fingerprint density at radius 3 is 2.75 bits per heavy atom. The summed E-state index contributed by atoms with van der Waals surface area (Å²) in [5.41, 5.74) is 1.14. The second-order valence-electron chi connectivity index (χ2n) is 3.92. The van der Waals surface area contributed by atoms with Crippen molar-refractivity contribution in [1.29, 1.82) is 0 Å². The predicted octanol–water partition coefficient (Wildman–Crippen LogP) is 2.95. The summed E-state index contributed by atoms with van der Waals surface area (Å²) in [5, 5.41) is 0. The van der Waals surface area contributed by atoms with E-state index >= 15 is 0 Å². The summed E-state index contributed by atoms with van der Waals surface area (Å²) in [5.74, 6) is 1.66. The van der Waals surface area contributed by atoms with Crippen LogP contribution in [0.1, 0.15) is 31.9 Å². The molecule has 3 heteroatoms. The summed E-state index contributed by atoms with van der Waals surface area (Å²) in [6, 6.07) is 6.00. The summed E-state index contributed by atoms with van der Waals surface area (Å²) in [6.07, 6.45) is 1.14. The van der Waals surface area contributed by atoms with E-state index in [1.165, 1.54) is 0 Å². The summed E-state index contributed by atoms with van der Waals surface area (Å²) in [6.45, 7) is 6.21. The van der Waals surface area contributed by atoms with Crippen LogP contribution in [0.15, 0.2) is 18.2 Å². The van der Waals surface area contributed by atoms with Crippen LogP contribution >= 0.6 is 0 Å².